The minimum absolute atomic E-state index is 0.168. The fourth-order valence-corrected chi connectivity index (χ4v) is 3.00. The lowest BCUT2D eigenvalue weighted by Gasteiger charge is -2.28. The van der Waals surface area contributed by atoms with Crippen LogP contribution >= 0.6 is 0 Å². The van der Waals surface area contributed by atoms with Gasteiger partial charge in [-0.3, -0.25) is 4.79 Å². The highest BCUT2D eigenvalue weighted by molar-refractivity contribution is 7.87. The number of carbonyl (C=O) groups excluding carboxylic acids is 1. The van der Waals surface area contributed by atoms with Gasteiger partial charge in [0.25, 0.3) is 10.2 Å². The van der Waals surface area contributed by atoms with Crippen molar-refractivity contribution >= 4 is 16.1 Å². The standard InChI is InChI=1S/C10H22N4O3S/c1-3-14(4-2)18(16,17)12-9-10(15)13-7-5-11-6-8-13/h11-12H,3-9H2,1-2H3. The van der Waals surface area contributed by atoms with Crippen LogP contribution < -0.4 is 10.0 Å². The zero-order chi connectivity index (χ0) is 13.6. The molecule has 1 amide bonds. The second kappa shape index (κ2) is 7.03. The summed E-state index contributed by atoms with van der Waals surface area (Å²) in [6.07, 6.45) is 0. The minimum Gasteiger partial charge on any atom is -0.339 e. The number of nitrogens with zero attached hydrogens (tertiary/aromatic N) is 2. The van der Waals surface area contributed by atoms with E-state index in [9.17, 15) is 13.2 Å². The van der Waals surface area contributed by atoms with Crippen LogP contribution in [0, 0.1) is 0 Å². The van der Waals surface area contributed by atoms with Crippen LogP contribution in [0.5, 0.6) is 0 Å². The zero-order valence-corrected chi connectivity index (χ0v) is 11.8. The lowest BCUT2D eigenvalue weighted by molar-refractivity contribution is -0.130. The fourth-order valence-electron chi connectivity index (χ4n) is 1.83. The van der Waals surface area contributed by atoms with Crippen molar-refractivity contribution in [1.82, 2.24) is 19.2 Å². The number of nitrogens with one attached hydrogen (secondary N) is 2. The van der Waals surface area contributed by atoms with E-state index in [4.69, 9.17) is 0 Å². The Balaban J connectivity index is 2.46. The Morgan fingerprint density at radius 1 is 1.28 bits per heavy atom. The molecule has 8 heteroatoms. The molecule has 0 aromatic heterocycles. The van der Waals surface area contributed by atoms with Gasteiger partial charge in [-0.15, -0.1) is 0 Å². The summed E-state index contributed by atoms with van der Waals surface area (Å²) in [5.74, 6) is -0.174. The van der Waals surface area contributed by atoms with E-state index < -0.39 is 10.2 Å². The Labute approximate surface area is 109 Å². The summed E-state index contributed by atoms with van der Waals surface area (Å²) < 4.78 is 27.3. The molecular weight excluding hydrogens is 256 g/mol. The lowest BCUT2D eigenvalue weighted by Crippen LogP contribution is -2.51. The van der Waals surface area contributed by atoms with Gasteiger partial charge in [0.2, 0.25) is 5.91 Å². The maximum absolute atomic E-state index is 11.8. The highest BCUT2D eigenvalue weighted by Crippen LogP contribution is 1.98. The van der Waals surface area contributed by atoms with Crippen molar-refractivity contribution in [3.8, 4) is 0 Å². The SMILES string of the molecule is CCN(CC)S(=O)(=O)NCC(=O)N1CCNCC1. The van der Waals surface area contributed by atoms with E-state index in [0.717, 1.165) is 13.1 Å². The third kappa shape index (κ3) is 4.20. The van der Waals surface area contributed by atoms with Gasteiger partial charge >= 0.3 is 0 Å². The molecule has 1 saturated heterocycles. The summed E-state index contributed by atoms with van der Waals surface area (Å²) in [5.41, 5.74) is 0. The average molecular weight is 278 g/mol. The first-order valence-corrected chi connectivity index (χ1v) is 7.68. The number of piperazine rings is 1. The number of amides is 1. The predicted molar refractivity (Wildman–Crippen MR) is 69.3 cm³/mol. The first kappa shape index (κ1) is 15.4. The van der Waals surface area contributed by atoms with Crippen LogP contribution in [0.3, 0.4) is 0 Å². The van der Waals surface area contributed by atoms with Crippen molar-refractivity contribution in [2.24, 2.45) is 0 Å². The van der Waals surface area contributed by atoms with E-state index in [1.54, 1.807) is 18.7 Å². The van der Waals surface area contributed by atoms with E-state index in [1.165, 1.54) is 4.31 Å². The Morgan fingerprint density at radius 2 is 1.83 bits per heavy atom. The molecule has 18 heavy (non-hydrogen) atoms. The van der Waals surface area contributed by atoms with Gasteiger partial charge in [0.05, 0.1) is 6.54 Å². The van der Waals surface area contributed by atoms with Crippen molar-refractivity contribution in [2.75, 3.05) is 45.8 Å². The number of carbonyl (C=O) groups is 1. The Kier molecular flexibility index (Phi) is 6.00. The molecule has 0 radical (unpaired) electrons. The molecule has 2 N–H and O–H groups in total. The van der Waals surface area contributed by atoms with E-state index in [-0.39, 0.29) is 12.5 Å². The number of hydrogen-bond donors (Lipinski definition) is 2. The van der Waals surface area contributed by atoms with Crippen LogP contribution in [0.1, 0.15) is 13.8 Å². The number of rotatable bonds is 6. The lowest BCUT2D eigenvalue weighted by atomic mass is 10.3. The van der Waals surface area contributed by atoms with Gasteiger partial charge in [-0.05, 0) is 0 Å². The van der Waals surface area contributed by atoms with Gasteiger partial charge in [-0.1, -0.05) is 13.8 Å². The minimum atomic E-state index is -3.54. The molecule has 0 aliphatic carbocycles. The monoisotopic (exact) mass is 278 g/mol. The summed E-state index contributed by atoms with van der Waals surface area (Å²) in [4.78, 5) is 13.5. The highest BCUT2D eigenvalue weighted by Gasteiger charge is 2.22. The molecule has 0 bridgehead atoms. The quantitative estimate of drug-likeness (QED) is 0.626. The van der Waals surface area contributed by atoms with Crippen molar-refractivity contribution in [3.05, 3.63) is 0 Å². The molecule has 0 aromatic carbocycles. The summed E-state index contributed by atoms with van der Waals surface area (Å²) >= 11 is 0. The topological polar surface area (TPSA) is 81.8 Å². The van der Waals surface area contributed by atoms with Crippen LogP contribution in [0.4, 0.5) is 0 Å². The van der Waals surface area contributed by atoms with Crippen LogP contribution in [-0.2, 0) is 15.0 Å². The van der Waals surface area contributed by atoms with Gasteiger partial charge in [-0.25, -0.2) is 0 Å². The van der Waals surface area contributed by atoms with E-state index in [1.807, 2.05) is 0 Å². The van der Waals surface area contributed by atoms with Crippen molar-refractivity contribution < 1.29 is 13.2 Å². The maximum Gasteiger partial charge on any atom is 0.279 e. The van der Waals surface area contributed by atoms with Gasteiger partial charge in [0, 0.05) is 39.3 Å². The molecule has 0 spiro atoms. The summed E-state index contributed by atoms with van der Waals surface area (Å²) in [6.45, 7) is 6.93. The zero-order valence-electron chi connectivity index (χ0n) is 11.0. The summed E-state index contributed by atoms with van der Waals surface area (Å²) in [5, 5.41) is 3.14. The molecule has 1 fully saturated rings. The average Bonchev–Trinajstić information content (AvgIpc) is 2.38. The van der Waals surface area contributed by atoms with Gasteiger partial charge < -0.3 is 10.2 Å². The van der Waals surface area contributed by atoms with Crippen LogP contribution in [0.2, 0.25) is 0 Å². The molecule has 0 unspecified atom stereocenters. The molecule has 7 nitrogen and oxygen atoms in total. The first-order chi connectivity index (χ1) is 8.51. The van der Waals surface area contributed by atoms with Crippen LogP contribution in [-0.4, -0.2) is 69.3 Å². The molecule has 1 aliphatic rings. The predicted octanol–water partition coefficient (Wildman–Crippen LogP) is -1.41. The molecule has 106 valence electrons. The molecule has 0 atom stereocenters. The highest BCUT2D eigenvalue weighted by atomic mass is 32.2. The maximum atomic E-state index is 11.8. The normalized spacial score (nSPS) is 17.2. The van der Waals surface area contributed by atoms with E-state index in [2.05, 4.69) is 10.0 Å². The molecule has 1 aliphatic heterocycles. The van der Waals surface area contributed by atoms with E-state index in [0.29, 0.717) is 26.2 Å². The van der Waals surface area contributed by atoms with Crippen molar-refractivity contribution in [3.63, 3.8) is 0 Å². The largest absolute Gasteiger partial charge is 0.339 e. The third-order valence-electron chi connectivity index (χ3n) is 2.92. The van der Waals surface area contributed by atoms with Gasteiger partial charge in [-0.2, -0.15) is 17.4 Å². The Bertz CT molecular complexity index is 361. The molecule has 1 rings (SSSR count). The second-order valence-electron chi connectivity index (χ2n) is 4.04. The van der Waals surface area contributed by atoms with Crippen LogP contribution in [0.15, 0.2) is 0 Å². The van der Waals surface area contributed by atoms with Crippen LogP contribution in [0.25, 0.3) is 0 Å². The molecule has 0 saturated carbocycles. The smallest absolute Gasteiger partial charge is 0.279 e. The summed E-state index contributed by atoms with van der Waals surface area (Å²) in [7, 11) is -3.54. The Hall–Kier alpha value is -0.700. The third-order valence-corrected chi connectivity index (χ3v) is 4.63. The summed E-state index contributed by atoms with van der Waals surface area (Å²) in [6, 6.07) is 0. The first-order valence-electron chi connectivity index (χ1n) is 6.24. The molecule has 0 aromatic rings. The van der Waals surface area contributed by atoms with Gasteiger partial charge in [0.15, 0.2) is 0 Å². The Morgan fingerprint density at radius 3 is 2.33 bits per heavy atom. The van der Waals surface area contributed by atoms with Crippen molar-refractivity contribution in [2.45, 2.75) is 13.8 Å². The molecular formula is C10H22N4O3S. The second-order valence-corrected chi connectivity index (χ2v) is 5.80. The fraction of sp³-hybridized carbons (Fsp3) is 0.900. The van der Waals surface area contributed by atoms with E-state index >= 15 is 0 Å². The molecule has 1 heterocycles. The number of hydrogen-bond acceptors (Lipinski definition) is 4. The van der Waals surface area contributed by atoms with Gasteiger partial charge in [0.1, 0.15) is 0 Å². The van der Waals surface area contributed by atoms with Crippen molar-refractivity contribution in [1.29, 1.82) is 0 Å².